The first-order chi connectivity index (χ1) is 10.0. The SMILES string of the molecule is Cc1c(N)cccc1C(=O)OC(C)C(=O)N1CCOCC1. The van der Waals surface area contributed by atoms with E-state index in [0.29, 0.717) is 43.1 Å². The van der Waals surface area contributed by atoms with E-state index in [-0.39, 0.29) is 5.91 Å². The van der Waals surface area contributed by atoms with E-state index in [1.165, 1.54) is 0 Å². The fourth-order valence-electron chi connectivity index (χ4n) is 2.19. The molecule has 2 rings (SSSR count). The fourth-order valence-corrected chi connectivity index (χ4v) is 2.19. The Morgan fingerprint density at radius 2 is 2.00 bits per heavy atom. The van der Waals surface area contributed by atoms with Crippen LogP contribution in [-0.4, -0.2) is 49.2 Å². The highest BCUT2D eigenvalue weighted by Gasteiger charge is 2.26. The molecule has 0 saturated carbocycles. The van der Waals surface area contributed by atoms with Gasteiger partial charge in [-0.2, -0.15) is 0 Å². The van der Waals surface area contributed by atoms with Gasteiger partial charge >= 0.3 is 5.97 Å². The van der Waals surface area contributed by atoms with Crippen molar-refractivity contribution in [2.24, 2.45) is 0 Å². The molecule has 0 aromatic heterocycles. The summed E-state index contributed by atoms with van der Waals surface area (Å²) in [7, 11) is 0. The molecule has 1 saturated heterocycles. The number of carbonyl (C=O) groups is 2. The summed E-state index contributed by atoms with van der Waals surface area (Å²) in [6.45, 7) is 5.41. The van der Waals surface area contributed by atoms with Crippen LogP contribution < -0.4 is 5.73 Å². The van der Waals surface area contributed by atoms with E-state index in [1.54, 1.807) is 36.9 Å². The topological polar surface area (TPSA) is 81.9 Å². The van der Waals surface area contributed by atoms with Crippen molar-refractivity contribution in [2.75, 3.05) is 32.0 Å². The minimum Gasteiger partial charge on any atom is -0.449 e. The van der Waals surface area contributed by atoms with E-state index in [2.05, 4.69) is 0 Å². The first kappa shape index (κ1) is 15.3. The summed E-state index contributed by atoms with van der Waals surface area (Å²) in [6.07, 6.45) is -0.823. The van der Waals surface area contributed by atoms with Crippen molar-refractivity contribution in [2.45, 2.75) is 20.0 Å². The predicted octanol–water partition coefficient (Wildman–Crippen LogP) is 0.981. The van der Waals surface area contributed by atoms with Crippen LogP contribution in [0, 0.1) is 6.92 Å². The molecule has 1 aliphatic rings. The van der Waals surface area contributed by atoms with Crippen molar-refractivity contribution < 1.29 is 19.1 Å². The Hall–Kier alpha value is -2.08. The van der Waals surface area contributed by atoms with Gasteiger partial charge in [0.05, 0.1) is 18.8 Å². The highest BCUT2D eigenvalue weighted by molar-refractivity contribution is 5.94. The van der Waals surface area contributed by atoms with E-state index in [0.717, 1.165) is 0 Å². The third-order valence-corrected chi connectivity index (χ3v) is 3.55. The molecule has 114 valence electrons. The number of morpholine rings is 1. The van der Waals surface area contributed by atoms with Gasteiger partial charge in [0.2, 0.25) is 0 Å². The second-order valence-electron chi connectivity index (χ2n) is 5.00. The van der Waals surface area contributed by atoms with Crippen molar-refractivity contribution in [3.63, 3.8) is 0 Å². The van der Waals surface area contributed by atoms with Crippen LogP contribution in [0.2, 0.25) is 0 Å². The number of rotatable bonds is 3. The maximum Gasteiger partial charge on any atom is 0.339 e. The zero-order valence-corrected chi connectivity index (χ0v) is 12.3. The zero-order chi connectivity index (χ0) is 15.4. The van der Waals surface area contributed by atoms with Crippen molar-refractivity contribution in [3.05, 3.63) is 29.3 Å². The number of esters is 1. The molecule has 1 aromatic carbocycles. The van der Waals surface area contributed by atoms with E-state index >= 15 is 0 Å². The molecule has 2 N–H and O–H groups in total. The number of anilines is 1. The van der Waals surface area contributed by atoms with Gasteiger partial charge in [0, 0.05) is 18.8 Å². The second kappa shape index (κ2) is 6.58. The van der Waals surface area contributed by atoms with E-state index in [1.807, 2.05) is 0 Å². The number of hydrogen-bond acceptors (Lipinski definition) is 5. The fraction of sp³-hybridized carbons (Fsp3) is 0.467. The lowest BCUT2D eigenvalue weighted by atomic mass is 10.1. The molecule has 6 heteroatoms. The molecule has 0 bridgehead atoms. The minimum absolute atomic E-state index is 0.201. The molecule has 6 nitrogen and oxygen atoms in total. The van der Waals surface area contributed by atoms with Crippen LogP contribution in [0.3, 0.4) is 0 Å². The van der Waals surface area contributed by atoms with Crippen LogP contribution in [0.1, 0.15) is 22.8 Å². The van der Waals surface area contributed by atoms with Gasteiger partial charge in [0.1, 0.15) is 0 Å². The quantitative estimate of drug-likeness (QED) is 0.663. The van der Waals surface area contributed by atoms with Crippen molar-refractivity contribution >= 4 is 17.6 Å². The summed E-state index contributed by atoms with van der Waals surface area (Å²) in [4.78, 5) is 26.0. The van der Waals surface area contributed by atoms with Gasteiger partial charge in [-0.05, 0) is 31.5 Å². The molecule has 1 aliphatic heterocycles. The molecule has 0 radical (unpaired) electrons. The third kappa shape index (κ3) is 3.52. The summed E-state index contributed by atoms with van der Waals surface area (Å²) in [5.41, 5.74) is 7.34. The molecule has 0 spiro atoms. The Morgan fingerprint density at radius 3 is 2.67 bits per heavy atom. The van der Waals surface area contributed by atoms with Gasteiger partial charge in [0.25, 0.3) is 5.91 Å². The van der Waals surface area contributed by atoms with Gasteiger partial charge in [-0.25, -0.2) is 4.79 Å². The Balaban J connectivity index is 2.01. The van der Waals surface area contributed by atoms with Gasteiger partial charge in [0.15, 0.2) is 6.10 Å². The van der Waals surface area contributed by atoms with Crippen LogP contribution >= 0.6 is 0 Å². The van der Waals surface area contributed by atoms with E-state index in [9.17, 15) is 9.59 Å². The van der Waals surface area contributed by atoms with Crippen LogP contribution in [0.4, 0.5) is 5.69 Å². The standard InChI is InChI=1S/C15H20N2O4/c1-10-12(4-3-5-13(10)16)15(19)21-11(2)14(18)17-6-8-20-9-7-17/h3-5,11H,6-9,16H2,1-2H3. The Labute approximate surface area is 123 Å². The van der Waals surface area contributed by atoms with E-state index < -0.39 is 12.1 Å². The van der Waals surface area contributed by atoms with E-state index in [4.69, 9.17) is 15.2 Å². The predicted molar refractivity (Wildman–Crippen MR) is 77.9 cm³/mol. The minimum atomic E-state index is -0.823. The molecule has 1 heterocycles. The average molecular weight is 292 g/mol. The Kier molecular flexibility index (Phi) is 4.80. The lowest BCUT2D eigenvalue weighted by Crippen LogP contribution is -2.46. The number of nitrogen functional groups attached to an aromatic ring is 1. The first-order valence-corrected chi connectivity index (χ1v) is 6.93. The maximum absolute atomic E-state index is 12.2. The summed E-state index contributed by atoms with van der Waals surface area (Å²) in [6, 6.07) is 5.04. The maximum atomic E-state index is 12.2. The number of nitrogens with zero attached hydrogens (tertiary/aromatic N) is 1. The lowest BCUT2D eigenvalue weighted by molar-refractivity contribution is -0.143. The Morgan fingerprint density at radius 1 is 1.33 bits per heavy atom. The zero-order valence-electron chi connectivity index (χ0n) is 12.3. The monoisotopic (exact) mass is 292 g/mol. The van der Waals surface area contributed by atoms with Gasteiger partial charge in [-0.15, -0.1) is 0 Å². The highest BCUT2D eigenvalue weighted by Crippen LogP contribution is 2.17. The molecule has 1 unspecified atom stereocenters. The molecular weight excluding hydrogens is 272 g/mol. The number of carbonyl (C=O) groups excluding carboxylic acids is 2. The largest absolute Gasteiger partial charge is 0.449 e. The number of nitrogens with two attached hydrogens (primary N) is 1. The van der Waals surface area contributed by atoms with Crippen LogP contribution in [-0.2, 0) is 14.3 Å². The van der Waals surface area contributed by atoms with Crippen molar-refractivity contribution in [3.8, 4) is 0 Å². The number of amides is 1. The number of ether oxygens (including phenoxy) is 2. The molecule has 21 heavy (non-hydrogen) atoms. The van der Waals surface area contributed by atoms with Crippen molar-refractivity contribution in [1.29, 1.82) is 0 Å². The molecule has 1 fully saturated rings. The summed E-state index contributed by atoms with van der Waals surface area (Å²) in [5, 5.41) is 0. The highest BCUT2D eigenvalue weighted by atomic mass is 16.5. The molecule has 1 amide bonds. The normalized spacial score (nSPS) is 16.4. The van der Waals surface area contributed by atoms with Gasteiger partial charge in [-0.3, -0.25) is 4.79 Å². The smallest absolute Gasteiger partial charge is 0.339 e. The van der Waals surface area contributed by atoms with Crippen LogP contribution in [0.5, 0.6) is 0 Å². The van der Waals surface area contributed by atoms with Crippen LogP contribution in [0.25, 0.3) is 0 Å². The summed E-state index contributed by atoms with van der Waals surface area (Å²) < 4.78 is 10.5. The lowest BCUT2D eigenvalue weighted by Gasteiger charge is -2.29. The van der Waals surface area contributed by atoms with Crippen LogP contribution in [0.15, 0.2) is 18.2 Å². The molecule has 0 aliphatic carbocycles. The molecular formula is C15H20N2O4. The van der Waals surface area contributed by atoms with Gasteiger partial charge in [-0.1, -0.05) is 6.07 Å². The average Bonchev–Trinajstić information content (AvgIpc) is 2.50. The van der Waals surface area contributed by atoms with Gasteiger partial charge < -0.3 is 20.1 Å². The van der Waals surface area contributed by atoms with Crippen molar-refractivity contribution in [1.82, 2.24) is 4.90 Å². The Bertz CT molecular complexity index is 538. The molecule has 1 aromatic rings. The number of hydrogen-bond donors (Lipinski definition) is 1. The summed E-state index contributed by atoms with van der Waals surface area (Å²) >= 11 is 0. The third-order valence-electron chi connectivity index (χ3n) is 3.55. The number of benzene rings is 1. The summed E-state index contributed by atoms with van der Waals surface area (Å²) in [5.74, 6) is -0.734. The second-order valence-corrected chi connectivity index (χ2v) is 5.00. The molecule has 1 atom stereocenters. The first-order valence-electron chi connectivity index (χ1n) is 6.93.